The Morgan fingerprint density at radius 3 is 2.82 bits per heavy atom. The summed E-state index contributed by atoms with van der Waals surface area (Å²) in [7, 11) is 0. The first-order valence-corrected chi connectivity index (χ1v) is 5.42. The molecule has 0 aliphatic heterocycles. The highest BCUT2D eigenvalue weighted by molar-refractivity contribution is 6.30. The highest BCUT2D eigenvalue weighted by Gasteiger charge is 2.12. The van der Waals surface area contributed by atoms with Gasteiger partial charge in [0.25, 0.3) is 0 Å². The number of ketones is 1. The lowest BCUT2D eigenvalue weighted by molar-refractivity contribution is 0.0991. The molecule has 0 radical (unpaired) electrons. The highest BCUT2D eigenvalue weighted by Crippen LogP contribution is 2.19. The maximum absolute atomic E-state index is 13.6. The maximum Gasteiger partial charge on any atom is 0.168 e. The summed E-state index contributed by atoms with van der Waals surface area (Å²) in [5.74, 6) is -0.717. The fourth-order valence-electron chi connectivity index (χ4n) is 1.49. The first kappa shape index (κ1) is 11.7. The molecule has 0 bridgehead atoms. The Kier molecular flexibility index (Phi) is 3.49. The van der Waals surface area contributed by atoms with Crippen molar-refractivity contribution in [3.63, 3.8) is 0 Å². The van der Waals surface area contributed by atoms with Gasteiger partial charge in [0.2, 0.25) is 0 Å². The third-order valence-electron chi connectivity index (χ3n) is 2.37. The van der Waals surface area contributed by atoms with Gasteiger partial charge in [-0.3, -0.25) is 9.78 Å². The standard InChI is InChI=1S/C13H9ClFNO/c14-11-5-1-3-9(13(11)15)7-12(17)10-4-2-6-16-8-10/h1-6,8H,7H2. The molecule has 0 spiro atoms. The van der Waals surface area contributed by atoms with E-state index in [1.807, 2.05) is 0 Å². The summed E-state index contributed by atoms with van der Waals surface area (Å²) < 4.78 is 13.6. The molecule has 0 unspecified atom stereocenters. The molecule has 86 valence electrons. The number of carbonyl (C=O) groups is 1. The van der Waals surface area contributed by atoms with Gasteiger partial charge in [-0.25, -0.2) is 4.39 Å². The van der Waals surface area contributed by atoms with Crippen LogP contribution in [0, 0.1) is 5.82 Å². The molecule has 1 heterocycles. The van der Waals surface area contributed by atoms with Crippen LogP contribution in [0.5, 0.6) is 0 Å². The van der Waals surface area contributed by atoms with Crippen molar-refractivity contribution in [3.8, 4) is 0 Å². The lowest BCUT2D eigenvalue weighted by Crippen LogP contribution is -2.05. The van der Waals surface area contributed by atoms with Gasteiger partial charge in [-0.15, -0.1) is 0 Å². The molecule has 0 saturated heterocycles. The zero-order valence-electron chi connectivity index (χ0n) is 8.86. The third-order valence-corrected chi connectivity index (χ3v) is 2.66. The number of nitrogens with zero attached hydrogens (tertiary/aromatic N) is 1. The van der Waals surface area contributed by atoms with Crippen LogP contribution in [-0.4, -0.2) is 10.8 Å². The average Bonchev–Trinajstić information content (AvgIpc) is 2.36. The summed E-state index contributed by atoms with van der Waals surface area (Å²) in [6.45, 7) is 0. The molecule has 17 heavy (non-hydrogen) atoms. The fraction of sp³-hybridized carbons (Fsp3) is 0.0769. The maximum atomic E-state index is 13.6. The summed E-state index contributed by atoms with van der Waals surface area (Å²) in [4.78, 5) is 15.7. The molecule has 0 amide bonds. The second-order valence-corrected chi connectivity index (χ2v) is 3.96. The van der Waals surface area contributed by atoms with E-state index in [0.717, 1.165) is 0 Å². The van der Waals surface area contributed by atoms with Gasteiger partial charge in [0.15, 0.2) is 5.78 Å². The Bertz CT molecular complexity index is 542. The molecule has 0 saturated carbocycles. The van der Waals surface area contributed by atoms with E-state index in [-0.39, 0.29) is 17.2 Å². The van der Waals surface area contributed by atoms with Crippen molar-refractivity contribution >= 4 is 17.4 Å². The van der Waals surface area contributed by atoms with E-state index < -0.39 is 5.82 Å². The fourth-order valence-corrected chi connectivity index (χ4v) is 1.68. The molecular formula is C13H9ClFNO. The third kappa shape index (κ3) is 2.68. The predicted octanol–water partition coefficient (Wildman–Crippen LogP) is 3.30. The summed E-state index contributed by atoms with van der Waals surface area (Å²) in [5, 5.41) is 0.0292. The van der Waals surface area contributed by atoms with Crippen LogP contribution in [0.4, 0.5) is 4.39 Å². The zero-order chi connectivity index (χ0) is 12.3. The Balaban J connectivity index is 2.22. The van der Waals surface area contributed by atoms with Crippen molar-refractivity contribution in [2.45, 2.75) is 6.42 Å². The first-order chi connectivity index (χ1) is 8.18. The van der Waals surface area contributed by atoms with Crippen LogP contribution >= 0.6 is 11.6 Å². The number of hydrogen-bond acceptors (Lipinski definition) is 2. The minimum absolute atomic E-state index is 0.0158. The monoisotopic (exact) mass is 249 g/mol. The molecule has 4 heteroatoms. The number of benzene rings is 1. The molecule has 0 N–H and O–H groups in total. The van der Waals surface area contributed by atoms with Crippen molar-refractivity contribution in [3.05, 3.63) is 64.7 Å². The van der Waals surface area contributed by atoms with Crippen LogP contribution < -0.4 is 0 Å². The van der Waals surface area contributed by atoms with Gasteiger partial charge in [-0.1, -0.05) is 23.7 Å². The number of hydrogen-bond donors (Lipinski definition) is 0. The van der Waals surface area contributed by atoms with E-state index in [4.69, 9.17) is 11.6 Å². The van der Waals surface area contributed by atoms with Crippen LogP contribution in [-0.2, 0) is 6.42 Å². The Morgan fingerprint density at radius 1 is 1.29 bits per heavy atom. The summed E-state index contributed by atoms with van der Waals surface area (Å²) in [5.41, 5.74) is 0.762. The van der Waals surface area contributed by atoms with Crippen molar-refractivity contribution in [2.75, 3.05) is 0 Å². The topological polar surface area (TPSA) is 30.0 Å². The van der Waals surface area contributed by atoms with Gasteiger partial charge in [-0.05, 0) is 23.8 Å². The number of aromatic nitrogens is 1. The Morgan fingerprint density at radius 2 is 2.12 bits per heavy atom. The van der Waals surface area contributed by atoms with Crippen molar-refractivity contribution < 1.29 is 9.18 Å². The zero-order valence-corrected chi connectivity index (χ0v) is 9.62. The predicted molar refractivity (Wildman–Crippen MR) is 63.7 cm³/mol. The van der Waals surface area contributed by atoms with Crippen LogP contribution in [0.2, 0.25) is 5.02 Å². The van der Waals surface area contributed by atoms with Crippen LogP contribution in [0.1, 0.15) is 15.9 Å². The lowest BCUT2D eigenvalue weighted by atomic mass is 10.0. The van der Waals surface area contributed by atoms with E-state index in [0.29, 0.717) is 11.1 Å². The summed E-state index contributed by atoms with van der Waals surface area (Å²) >= 11 is 5.64. The molecule has 0 aliphatic rings. The smallest absolute Gasteiger partial charge is 0.168 e. The van der Waals surface area contributed by atoms with Crippen molar-refractivity contribution in [2.24, 2.45) is 0 Å². The van der Waals surface area contributed by atoms with Crippen molar-refractivity contribution in [1.29, 1.82) is 0 Å². The summed E-state index contributed by atoms with van der Waals surface area (Å²) in [6.07, 6.45) is 3.03. The number of pyridine rings is 1. The van der Waals surface area contributed by atoms with E-state index in [1.54, 1.807) is 30.5 Å². The van der Waals surface area contributed by atoms with Crippen LogP contribution in [0.3, 0.4) is 0 Å². The quantitative estimate of drug-likeness (QED) is 0.782. The van der Waals surface area contributed by atoms with Gasteiger partial charge in [0.05, 0.1) is 5.02 Å². The first-order valence-electron chi connectivity index (χ1n) is 5.04. The Labute approximate surface area is 103 Å². The minimum atomic E-state index is -0.536. The van der Waals surface area contributed by atoms with Crippen LogP contribution in [0.15, 0.2) is 42.7 Å². The molecule has 2 nitrogen and oxygen atoms in total. The van der Waals surface area contributed by atoms with E-state index in [1.165, 1.54) is 12.3 Å². The molecular weight excluding hydrogens is 241 g/mol. The van der Waals surface area contributed by atoms with Gasteiger partial charge >= 0.3 is 0 Å². The largest absolute Gasteiger partial charge is 0.294 e. The van der Waals surface area contributed by atoms with Crippen molar-refractivity contribution in [1.82, 2.24) is 4.98 Å². The number of rotatable bonds is 3. The SMILES string of the molecule is O=C(Cc1cccc(Cl)c1F)c1cccnc1. The van der Waals surface area contributed by atoms with Gasteiger partial charge in [0, 0.05) is 24.4 Å². The normalized spacial score (nSPS) is 10.2. The molecule has 1 aromatic heterocycles. The molecule has 0 fully saturated rings. The number of halogens is 2. The highest BCUT2D eigenvalue weighted by atomic mass is 35.5. The van der Waals surface area contributed by atoms with E-state index in [2.05, 4.69) is 4.98 Å². The van der Waals surface area contributed by atoms with E-state index >= 15 is 0 Å². The number of carbonyl (C=O) groups excluding carboxylic acids is 1. The summed E-state index contributed by atoms with van der Waals surface area (Å²) in [6, 6.07) is 7.95. The molecule has 2 rings (SSSR count). The molecule has 0 aliphatic carbocycles. The Hall–Kier alpha value is -1.74. The van der Waals surface area contributed by atoms with Crippen LogP contribution in [0.25, 0.3) is 0 Å². The average molecular weight is 250 g/mol. The van der Waals surface area contributed by atoms with Gasteiger partial charge in [0.1, 0.15) is 5.82 Å². The van der Waals surface area contributed by atoms with Gasteiger partial charge in [-0.2, -0.15) is 0 Å². The molecule has 1 aromatic carbocycles. The van der Waals surface area contributed by atoms with E-state index in [9.17, 15) is 9.18 Å². The number of Topliss-reactive ketones (excluding diaryl/α,β-unsaturated/α-hetero) is 1. The molecule has 0 atom stereocenters. The minimum Gasteiger partial charge on any atom is -0.294 e. The second kappa shape index (κ2) is 5.06. The van der Waals surface area contributed by atoms with Gasteiger partial charge < -0.3 is 0 Å². The second-order valence-electron chi connectivity index (χ2n) is 3.55. The molecule has 2 aromatic rings. The lowest BCUT2D eigenvalue weighted by Gasteiger charge is -2.03.